The highest BCUT2D eigenvalue weighted by Crippen LogP contribution is 2.23. The number of hydrogen-bond acceptors (Lipinski definition) is 4. The van der Waals surface area contributed by atoms with Crippen molar-refractivity contribution in [2.24, 2.45) is 0 Å². The van der Waals surface area contributed by atoms with Gasteiger partial charge in [-0.1, -0.05) is 15.9 Å². The summed E-state index contributed by atoms with van der Waals surface area (Å²) in [6.45, 7) is 2.36. The van der Waals surface area contributed by atoms with Crippen molar-refractivity contribution in [2.75, 3.05) is 5.32 Å². The number of aromatic nitrogens is 1. The minimum atomic E-state index is -0.200. The molecule has 24 heavy (non-hydrogen) atoms. The number of amides is 1. The molecular weight excluding hydrogens is 370 g/mol. The van der Waals surface area contributed by atoms with Gasteiger partial charge < -0.3 is 15.1 Å². The standard InChI is InChI=1S/C18H16BrN3O2/c1-12-7-14(4-5-17(12)19)22-15-8-13(9-20-10-15)18(23)21-11-16-3-2-6-24-16/h2-10,22H,11H2,1H3,(H,21,23). The first-order chi connectivity index (χ1) is 11.6. The number of carbonyl (C=O) groups is 1. The monoisotopic (exact) mass is 385 g/mol. The topological polar surface area (TPSA) is 67.2 Å². The first-order valence-corrected chi connectivity index (χ1v) is 8.20. The van der Waals surface area contributed by atoms with Crippen LogP contribution in [0.15, 0.2) is 63.9 Å². The molecule has 0 spiro atoms. The molecule has 6 heteroatoms. The van der Waals surface area contributed by atoms with Gasteiger partial charge >= 0.3 is 0 Å². The van der Waals surface area contributed by atoms with Gasteiger partial charge in [-0.3, -0.25) is 9.78 Å². The van der Waals surface area contributed by atoms with E-state index in [0.717, 1.165) is 21.4 Å². The molecule has 0 unspecified atom stereocenters. The predicted octanol–water partition coefficient (Wildman–Crippen LogP) is 4.42. The molecule has 3 rings (SSSR count). The van der Waals surface area contributed by atoms with Crippen molar-refractivity contribution in [1.29, 1.82) is 0 Å². The van der Waals surface area contributed by atoms with Crippen molar-refractivity contribution in [3.63, 3.8) is 0 Å². The van der Waals surface area contributed by atoms with Crippen LogP contribution >= 0.6 is 15.9 Å². The Labute approximate surface area is 148 Å². The van der Waals surface area contributed by atoms with Gasteiger partial charge in [0.2, 0.25) is 0 Å². The lowest BCUT2D eigenvalue weighted by molar-refractivity contribution is 0.0947. The van der Waals surface area contributed by atoms with Gasteiger partial charge in [-0.15, -0.1) is 0 Å². The van der Waals surface area contributed by atoms with Crippen LogP contribution in [0.4, 0.5) is 11.4 Å². The van der Waals surface area contributed by atoms with Crippen LogP contribution in [-0.4, -0.2) is 10.9 Å². The zero-order chi connectivity index (χ0) is 16.9. The third-order valence-electron chi connectivity index (χ3n) is 3.45. The number of nitrogens with one attached hydrogen (secondary N) is 2. The van der Waals surface area contributed by atoms with Gasteiger partial charge in [-0.05, 0) is 48.9 Å². The fourth-order valence-corrected chi connectivity index (χ4v) is 2.45. The van der Waals surface area contributed by atoms with E-state index in [4.69, 9.17) is 4.42 Å². The number of pyridine rings is 1. The number of benzene rings is 1. The minimum Gasteiger partial charge on any atom is -0.467 e. The first kappa shape index (κ1) is 16.3. The molecule has 2 N–H and O–H groups in total. The zero-order valence-corrected chi connectivity index (χ0v) is 14.6. The van der Waals surface area contributed by atoms with Crippen molar-refractivity contribution < 1.29 is 9.21 Å². The quantitative estimate of drug-likeness (QED) is 0.681. The molecule has 1 amide bonds. The fraction of sp³-hybridized carbons (Fsp3) is 0.111. The maximum atomic E-state index is 12.2. The highest BCUT2D eigenvalue weighted by atomic mass is 79.9. The first-order valence-electron chi connectivity index (χ1n) is 7.40. The highest BCUT2D eigenvalue weighted by molar-refractivity contribution is 9.10. The van der Waals surface area contributed by atoms with E-state index in [1.807, 2.05) is 31.2 Å². The van der Waals surface area contributed by atoms with Crippen LogP contribution in [0.25, 0.3) is 0 Å². The SMILES string of the molecule is Cc1cc(Nc2cncc(C(=O)NCc3ccco3)c2)ccc1Br. The molecule has 0 radical (unpaired) electrons. The summed E-state index contributed by atoms with van der Waals surface area (Å²) in [5.74, 6) is 0.505. The average molecular weight is 386 g/mol. The molecular formula is C18H16BrN3O2. The maximum absolute atomic E-state index is 12.2. The summed E-state index contributed by atoms with van der Waals surface area (Å²) < 4.78 is 6.25. The third kappa shape index (κ3) is 4.02. The summed E-state index contributed by atoms with van der Waals surface area (Å²) in [5, 5.41) is 6.06. The molecule has 2 aromatic heterocycles. The second kappa shape index (κ2) is 7.31. The molecule has 0 fully saturated rings. The average Bonchev–Trinajstić information content (AvgIpc) is 3.10. The van der Waals surface area contributed by atoms with Crippen LogP contribution in [-0.2, 0) is 6.54 Å². The number of nitrogens with zero attached hydrogens (tertiary/aromatic N) is 1. The lowest BCUT2D eigenvalue weighted by atomic mass is 10.2. The van der Waals surface area contributed by atoms with Crippen molar-refractivity contribution in [2.45, 2.75) is 13.5 Å². The summed E-state index contributed by atoms with van der Waals surface area (Å²) in [6.07, 6.45) is 4.80. The normalized spacial score (nSPS) is 10.4. The van der Waals surface area contributed by atoms with Gasteiger partial charge in [0.25, 0.3) is 5.91 Å². The summed E-state index contributed by atoms with van der Waals surface area (Å²) in [4.78, 5) is 16.3. The molecule has 0 saturated carbocycles. The molecule has 0 aliphatic rings. The maximum Gasteiger partial charge on any atom is 0.253 e. The van der Waals surface area contributed by atoms with Crippen molar-refractivity contribution in [3.8, 4) is 0 Å². The molecule has 1 aromatic carbocycles. The summed E-state index contributed by atoms with van der Waals surface area (Å²) in [6, 6.07) is 11.3. The van der Waals surface area contributed by atoms with Crippen molar-refractivity contribution in [3.05, 3.63) is 76.4 Å². The van der Waals surface area contributed by atoms with Crippen LogP contribution in [0.2, 0.25) is 0 Å². The number of furan rings is 1. The van der Waals surface area contributed by atoms with Crippen LogP contribution in [0.3, 0.4) is 0 Å². The smallest absolute Gasteiger partial charge is 0.253 e. The summed E-state index contributed by atoms with van der Waals surface area (Å²) in [7, 11) is 0. The van der Waals surface area contributed by atoms with Crippen molar-refractivity contribution >= 4 is 33.2 Å². The molecule has 0 saturated heterocycles. The fourth-order valence-electron chi connectivity index (χ4n) is 2.20. The Morgan fingerprint density at radius 2 is 2.08 bits per heavy atom. The number of rotatable bonds is 5. The van der Waals surface area contributed by atoms with Crippen LogP contribution in [0, 0.1) is 6.92 Å². The number of hydrogen-bond donors (Lipinski definition) is 2. The van der Waals surface area contributed by atoms with Crippen LogP contribution in [0.1, 0.15) is 21.7 Å². The second-order valence-electron chi connectivity index (χ2n) is 5.31. The molecule has 0 atom stereocenters. The molecule has 2 heterocycles. The molecule has 3 aromatic rings. The number of anilines is 2. The van der Waals surface area contributed by atoms with E-state index in [-0.39, 0.29) is 5.91 Å². The highest BCUT2D eigenvalue weighted by Gasteiger charge is 2.08. The lowest BCUT2D eigenvalue weighted by Gasteiger charge is -2.09. The Morgan fingerprint density at radius 1 is 1.21 bits per heavy atom. The van der Waals surface area contributed by atoms with E-state index < -0.39 is 0 Å². The van der Waals surface area contributed by atoms with Gasteiger partial charge in [0.1, 0.15) is 5.76 Å². The predicted molar refractivity (Wildman–Crippen MR) is 96.3 cm³/mol. The molecule has 5 nitrogen and oxygen atoms in total. The molecule has 0 aliphatic heterocycles. The largest absolute Gasteiger partial charge is 0.467 e. The minimum absolute atomic E-state index is 0.200. The number of carbonyl (C=O) groups excluding carboxylic acids is 1. The summed E-state index contributed by atoms with van der Waals surface area (Å²) >= 11 is 3.48. The van der Waals surface area contributed by atoms with Gasteiger partial charge in [-0.2, -0.15) is 0 Å². The Kier molecular flexibility index (Phi) is 4.96. The van der Waals surface area contributed by atoms with E-state index >= 15 is 0 Å². The second-order valence-corrected chi connectivity index (χ2v) is 6.17. The van der Waals surface area contributed by atoms with Crippen molar-refractivity contribution in [1.82, 2.24) is 10.3 Å². The van der Waals surface area contributed by atoms with E-state index in [0.29, 0.717) is 17.9 Å². The van der Waals surface area contributed by atoms with Gasteiger partial charge in [-0.25, -0.2) is 0 Å². The van der Waals surface area contributed by atoms with Crippen LogP contribution in [0.5, 0.6) is 0 Å². The molecule has 0 aliphatic carbocycles. The summed E-state index contributed by atoms with van der Waals surface area (Å²) in [5.41, 5.74) is 3.30. The Bertz CT molecular complexity index is 847. The Balaban J connectivity index is 1.68. The Hall–Kier alpha value is -2.60. The van der Waals surface area contributed by atoms with E-state index in [1.54, 1.807) is 24.6 Å². The van der Waals surface area contributed by atoms with Gasteiger partial charge in [0, 0.05) is 16.4 Å². The third-order valence-corrected chi connectivity index (χ3v) is 4.34. The Morgan fingerprint density at radius 3 is 2.83 bits per heavy atom. The van der Waals surface area contributed by atoms with Gasteiger partial charge in [0.15, 0.2) is 0 Å². The van der Waals surface area contributed by atoms with Gasteiger partial charge in [0.05, 0.1) is 30.3 Å². The van der Waals surface area contributed by atoms with E-state index in [2.05, 4.69) is 31.5 Å². The molecule has 0 bridgehead atoms. The number of halogens is 1. The van der Waals surface area contributed by atoms with Crippen LogP contribution < -0.4 is 10.6 Å². The molecule has 122 valence electrons. The zero-order valence-electron chi connectivity index (χ0n) is 13.0. The van der Waals surface area contributed by atoms with E-state index in [9.17, 15) is 4.79 Å². The van der Waals surface area contributed by atoms with E-state index in [1.165, 1.54) is 6.20 Å². The number of aryl methyl sites for hydroxylation is 1. The lowest BCUT2D eigenvalue weighted by Crippen LogP contribution is -2.22.